The zero-order valence-electron chi connectivity index (χ0n) is 19.1. The van der Waals surface area contributed by atoms with Gasteiger partial charge in [-0.3, -0.25) is 9.69 Å². The van der Waals surface area contributed by atoms with Crippen molar-refractivity contribution in [3.05, 3.63) is 36.1 Å². The molecule has 176 valence electrons. The monoisotopic (exact) mass is 450 g/mol. The van der Waals surface area contributed by atoms with E-state index in [0.717, 1.165) is 13.0 Å². The number of aliphatic carboxylic acids is 1. The lowest BCUT2D eigenvalue weighted by Gasteiger charge is -2.47. The van der Waals surface area contributed by atoms with Gasteiger partial charge in [0.1, 0.15) is 11.4 Å². The number of aromatic nitrogens is 1. The van der Waals surface area contributed by atoms with E-state index in [1.165, 1.54) is 6.07 Å². The van der Waals surface area contributed by atoms with Crippen molar-refractivity contribution in [2.45, 2.75) is 60.1 Å². The first-order valence-corrected chi connectivity index (χ1v) is 11.0. The Bertz CT molecular complexity index is 925. The van der Waals surface area contributed by atoms with E-state index in [0.29, 0.717) is 42.9 Å². The highest BCUT2D eigenvalue weighted by Gasteiger charge is 2.47. The van der Waals surface area contributed by atoms with Gasteiger partial charge in [-0.15, -0.1) is 0 Å². The lowest BCUT2D eigenvalue weighted by Crippen LogP contribution is -2.53. The highest BCUT2D eigenvalue weighted by molar-refractivity contribution is 5.75. The maximum atomic E-state index is 12.7. The molecule has 0 amide bonds. The van der Waals surface area contributed by atoms with Crippen molar-refractivity contribution in [2.24, 2.45) is 16.7 Å². The van der Waals surface area contributed by atoms with E-state index in [1.54, 1.807) is 24.3 Å². The van der Waals surface area contributed by atoms with Gasteiger partial charge in [0.15, 0.2) is 5.76 Å². The van der Waals surface area contributed by atoms with E-state index >= 15 is 0 Å². The zero-order chi connectivity index (χ0) is 23.5. The molecule has 0 spiro atoms. The second kappa shape index (κ2) is 9.57. The summed E-state index contributed by atoms with van der Waals surface area (Å²) in [5, 5.41) is 14.2. The molecule has 8 heteroatoms. The highest BCUT2D eigenvalue weighted by atomic mass is 19.3. The Morgan fingerprint density at radius 1 is 1.38 bits per heavy atom. The predicted molar refractivity (Wildman–Crippen MR) is 116 cm³/mol. The van der Waals surface area contributed by atoms with Gasteiger partial charge in [-0.2, -0.15) is 8.78 Å². The lowest BCUT2D eigenvalue weighted by molar-refractivity contribution is -0.157. The number of carbonyl (C=O) groups is 1. The normalized spacial score (nSPS) is 22.3. The first-order valence-electron chi connectivity index (χ1n) is 11.0. The quantitative estimate of drug-likeness (QED) is 0.557. The Labute approximate surface area is 187 Å². The second-order valence-electron chi connectivity index (χ2n) is 9.83. The Hall–Kier alpha value is -2.48. The number of likely N-dealkylation sites (tertiary alicyclic amines) is 1. The molecule has 0 unspecified atom stereocenters. The van der Waals surface area contributed by atoms with Crippen molar-refractivity contribution in [1.82, 2.24) is 10.1 Å². The minimum atomic E-state index is -2.94. The number of nitrogens with zero attached hydrogens (tertiary/aromatic N) is 2. The number of halogens is 2. The molecule has 1 aliphatic rings. The molecule has 1 saturated heterocycles. The number of benzene rings is 1. The van der Waals surface area contributed by atoms with E-state index in [-0.39, 0.29) is 17.1 Å². The molecule has 0 aliphatic carbocycles. The second-order valence-corrected chi connectivity index (χ2v) is 9.83. The zero-order valence-corrected chi connectivity index (χ0v) is 19.1. The summed E-state index contributed by atoms with van der Waals surface area (Å²) >= 11 is 0. The fourth-order valence-corrected chi connectivity index (χ4v) is 4.64. The maximum Gasteiger partial charge on any atom is 0.387 e. The molecule has 32 heavy (non-hydrogen) atoms. The maximum absolute atomic E-state index is 12.7. The van der Waals surface area contributed by atoms with Crippen molar-refractivity contribution < 1.29 is 27.9 Å². The fourth-order valence-electron chi connectivity index (χ4n) is 4.64. The molecular weight excluding hydrogens is 418 g/mol. The van der Waals surface area contributed by atoms with Gasteiger partial charge in [0.05, 0.1) is 12.0 Å². The number of ether oxygens (including phenoxy) is 1. The van der Waals surface area contributed by atoms with Gasteiger partial charge in [0.25, 0.3) is 0 Å². The molecule has 1 N–H and O–H groups in total. The van der Waals surface area contributed by atoms with Crippen LogP contribution < -0.4 is 4.74 Å². The van der Waals surface area contributed by atoms with E-state index in [1.807, 2.05) is 6.92 Å². The number of hydrogen-bond donors (Lipinski definition) is 1. The SMILES string of the molecule is CCC[C@@]1(C(=O)O)C[C@@H](C(C)(C)C)CN(Cc2cc(-c3ccccc3OC(F)F)no2)C1. The predicted octanol–water partition coefficient (Wildman–Crippen LogP) is 5.68. The number of para-hydroxylation sites is 1. The van der Waals surface area contributed by atoms with Crippen molar-refractivity contribution in [3.63, 3.8) is 0 Å². The summed E-state index contributed by atoms with van der Waals surface area (Å²) in [4.78, 5) is 14.4. The highest BCUT2D eigenvalue weighted by Crippen LogP contribution is 2.44. The summed E-state index contributed by atoms with van der Waals surface area (Å²) in [6.45, 7) is 7.10. The molecule has 0 bridgehead atoms. The first-order chi connectivity index (χ1) is 15.0. The van der Waals surface area contributed by atoms with Gasteiger partial charge < -0.3 is 14.4 Å². The van der Waals surface area contributed by atoms with Crippen LogP contribution in [-0.2, 0) is 11.3 Å². The molecule has 6 nitrogen and oxygen atoms in total. The van der Waals surface area contributed by atoms with Crippen LogP contribution in [0, 0.1) is 16.7 Å². The van der Waals surface area contributed by atoms with Crippen LogP contribution in [0.15, 0.2) is 34.9 Å². The Balaban J connectivity index is 1.84. The van der Waals surface area contributed by atoms with Crippen LogP contribution in [0.3, 0.4) is 0 Å². The Kier molecular flexibility index (Phi) is 7.22. The summed E-state index contributed by atoms with van der Waals surface area (Å²) in [6.07, 6.45) is 2.06. The molecular formula is C24H32F2N2O4. The largest absolute Gasteiger partial charge is 0.481 e. The molecule has 2 heterocycles. The number of alkyl halides is 2. The summed E-state index contributed by atoms with van der Waals surface area (Å²) < 4.78 is 35.6. The van der Waals surface area contributed by atoms with E-state index in [9.17, 15) is 18.7 Å². The summed E-state index contributed by atoms with van der Waals surface area (Å²) in [6, 6.07) is 8.14. The molecule has 1 aliphatic heterocycles. The third kappa shape index (κ3) is 5.46. The van der Waals surface area contributed by atoms with E-state index in [4.69, 9.17) is 4.52 Å². The molecule has 2 aromatic rings. The van der Waals surface area contributed by atoms with Crippen molar-refractivity contribution in [3.8, 4) is 17.0 Å². The van der Waals surface area contributed by atoms with Crippen LogP contribution in [0.2, 0.25) is 0 Å². The summed E-state index contributed by atoms with van der Waals surface area (Å²) in [7, 11) is 0. The van der Waals surface area contributed by atoms with Crippen LogP contribution in [-0.4, -0.2) is 40.8 Å². The van der Waals surface area contributed by atoms with Crippen LogP contribution in [0.5, 0.6) is 5.75 Å². The van der Waals surface area contributed by atoms with Crippen LogP contribution >= 0.6 is 0 Å². The number of hydrogen-bond acceptors (Lipinski definition) is 5. The number of rotatable bonds is 8. The average Bonchev–Trinajstić information content (AvgIpc) is 3.15. The lowest BCUT2D eigenvalue weighted by atomic mass is 9.65. The van der Waals surface area contributed by atoms with Gasteiger partial charge >= 0.3 is 12.6 Å². The molecule has 3 rings (SSSR count). The molecule has 1 aromatic carbocycles. The van der Waals surface area contributed by atoms with Gasteiger partial charge in [-0.1, -0.05) is 51.4 Å². The van der Waals surface area contributed by atoms with Gasteiger partial charge in [0.2, 0.25) is 0 Å². The van der Waals surface area contributed by atoms with E-state index in [2.05, 4.69) is 35.6 Å². The number of carboxylic acids is 1. The van der Waals surface area contributed by atoms with Gasteiger partial charge in [-0.05, 0) is 36.3 Å². The van der Waals surface area contributed by atoms with Gasteiger partial charge in [-0.25, -0.2) is 0 Å². The number of piperidine rings is 1. The van der Waals surface area contributed by atoms with E-state index < -0.39 is 18.0 Å². The van der Waals surface area contributed by atoms with Crippen LogP contribution in [0.4, 0.5) is 8.78 Å². The standard InChI is InChI=1S/C24H32F2N2O4/c1-5-10-24(21(29)30)12-16(23(2,3)4)13-28(15-24)14-17-11-19(27-32-17)18-8-6-7-9-20(18)31-22(25)26/h6-9,11,16,22H,5,10,12-15H2,1-4H3,(H,29,30)/t16-,24-/m1/s1. The van der Waals surface area contributed by atoms with Crippen LogP contribution in [0.1, 0.15) is 52.7 Å². The minimum Gasteiger partial charge on any atom is -0.481 e. The van der Waals surface area contributed by atoms with Crippen LogP contribution in [0.25, 0.3) is 11.3 Å². The fraction of sp³-hybridized carbons (Fsp3) is 0.583. The summed E-state index contributed by atoms with van der Waals surface area (Å²) in [5.74, 6) is 0.0363. The molecule has 1 fully saturated rings. The average molecular weight is 451 g/mol. The number of carboxylic acid groups (broad SMARTS) is 1. The minimum absolute atomic E-state index is 0.0287. The third-order valence-corrected chi connectivity index (χ3v) is 6.37. The third-order valence-electron chi connectivity index (χ3n) is 6.37. The van der Waals surface area contributed by atoms with Crippen molar-refractivity contribution in [1.29, 1.82) is 0 Å². The van der Waals surface area contributed by atoms with Gasteiger partial charge in [0, 0.05) is 24.7 Å². The molecule has 0 radical (unpaired) electrons. The smallest absolute Gasteiger partial charge is 0.387 e. The van der Waals surface area contributed by atoms with Crippen molar-refractivity contribution >= 4 is 5.97 Å². The molecule has 2 atom stereocenters. The molecule has 0 saturated carbocycles. The topological polar surface area (TPSA) is 75.8 Å². The Morgan fingerprint density at radius 2 is 2.09 bits per heavy atom. The molecule has 1 aromatic heterocycles. The Morgan fingerprint density at radius 3 is 2.72 bits per heavy atom. The summed E-state index contributed by atoms with van der Waals surface area (Å²) in [5.41, 5.74) is -0.0185. The first kappa shape index (κ1) is 24.2. The van der Waals surface area contributed by atoms with Crippen molar-refractivity contribution in [2.75, 3.05) is 13.1 Å².